The number of likely N-dealkylation sites (N-methyl/N-ethyl adjacent to an activating group) is 1. The van der Waals surface area contributed by atoms with Gasteiger partial charge in [0.15, 0.2) is 5.60 Å². The Morgan fingerprint density at radius 3 is 2.10 bits per heavy atom. The first-order chi connectivity index (χ1) is 13.9. The van der Waals surface area contributed by atoms with E-state index >= 15 is 0 Å². The van der Waals surface area contributed by atoms with Crippen LogP contribution >= 0.6 is 0 Å². The average molecular weight is 389 g/mol. The third kappa shape index (κ3) is 4.73. The van der Waals surface area contributed by atoms with Crippen LogP contribution in [0.25, 0.3) is 0 Å². The third-order valence-electron chi connectivity index (χ3n) is 5.23. The summed E-state index contributed by atoms with van der Waals surface area (Å²) < 4.78 is 0. The van der Waals surface area contributed by atoms with Gasteiger partial charge in [-0.3, -0.25) is 4.79 Å². The Balaban J connectivity index is 2.02. The van der Waals surface area contributed by atoms with Crippen molar-refractivity contribution in [1.82, 2.24) is 4.90 Å². The lowest BCUT2D eigenvalue weighted by Gasteiger charge is -2.28. The normalized spacial score (nSPS) is 14.3. The number of aliphatic hydroxyl groups is 1. The number of hydrogen-bond acceptors (Lipinski definition) is 3. The van der Waals surface area contributed by atoms with Crippen molar-refractivity contribution in [2.75, 3.05) is 20.6 Å². The molecule has 0 fully saturated rings. The molecule has 29 heavy (non-hydrogen) atoms. The van der Waals surface area contributed by atoms with Crippen LogP contribution in [0.3, 0.4) is 0 Å². The van der Waals surface area contributed by atoms with Crippen molar-refractivity contribution in [2.24, 2.45) is 5.73 Å². The highest BCUT2D eigenvalue weighted by atomic mass is 16.3. The largest absolute Gasteiger partial charge is 0.372 e. The van der Waals surface area contributed by atoms with Crippen molar-refractivity contribution in [3.05, 3.63) is 107 Å². The van der Waals surface area contributed by atoms with Gasteiger partial charge in [0.05, 0.1) is 0 Å². The molecule has 3 rings (SSSR count). The molecule has 0 aliphatic rings. The predicted octanol–water partition coefficient (Wildman–Crippen LogP) is 3.30. The summed E-state index contributed by atoms with van der Waals surface area (Å²) in [5.74, 6) is -0.576. The molecule has 3 N–H and O–H groups in total. The fourth-order valence-electron chi connectivity index (χ4n) is 3.78. The van der Waals surface area contributed by atoms with Crippen LogP contribution in [0.4, 0.5) is 0 Å². The van der Waals surface area contributed by atoms with E-state index in [1.807, 2.05) is 56.6 Å². The van der Waals surface area contributed by atoms with Crippen molar-refractivity contribution in [3.63, 3.8) is 0 Å². The van der Waals surface area contributed by atoms with E-state index in [2.05, 4.69) is 17.0 Å². The van der Waals surface area contributed by atoms with Gasteiger partial charge in [0, 0.05) is 12.5 Å². The zero-order chi connectivity index (χ0) is 20.9. The molecular formula is C25H28N2O2. The van der Waals surface area contributed by atoms with Crippen LogP contribution in [0.1, 0.15) is 28.2 Å². The number of benzene rings is 3. The standard InChI is InChI=1S/C25H28N2O2/c1-27(2)18-21(16-19-10-5-3-6-11-19)20-12-9-15-23(17-20)25(29,24(26)28)22-13-7-4-8-14-22/h3-15,17,21,29H,16,18H2,1-2H3,(H2,26,28). The lowest BCUT2D eigenvalue weighted by molar-refractivity contribution is -0.133. The fourth-order valence-corrected chi connectivity index (χ4v) is 3.78. The van der Waals surface area contributed by atoms with Crippen LogP contribution < -0.4 is 5.73 Å². The van der Waals surface area contributed by atoms with Crippen LogP contribution in [-0.2, 0) is 16.8 Å². The monoisotopic (exact) mass is 388 g/mol. The van der Waals surface area contributed by atoms with Gasteiger partial charge in [-0.2, -0.15) is 0 Å². The van der Waals surface area contributed by atoms with E-state index in [1.54, 1.807) is 30.3 Å². The first-order valence-electron chi connectivity index (χ1n) is 9.78. The van der Waals surface area contributed by atoms with Gasteiger partial charge in [0.2, 0.25) is 0 Å². The Labute approximate surface area is 172 Å². The SMILES string of the molecule is CN(C)CC(Cc1ccccc1)c1cccc(C(O)(C(N)=O)c2ccccc2)c1. The third-order valence-corrected chi connectivity index (χ3v) is 5.23. The Hall–Kier alpha value is -2.95. The van der Waals surface area contributed by atoms with E-state index in [1.165, 1.54) is 5.56 Å². The second kappa shape index (κ2) is 9.03. The van der Waals surface area contributed by atoms with Gasteiger partial charge >= 0.3 is 0 Å². The maximum Gasteiger partial charge on any atom is 0.258 e. The van der Waals surface area contributed by atoms with Gasteiger partial charge in [-0.25, -0.2) is 0 Å². The lowest BCUT2D eigenvalue weighted by atomic mass is 9.82. The van der Waals surface area contributed by atoms with Gasteiger partial charge in [0.1, 0.15) is 0 Å². The number of nitrogens with two attached hydrogens (primary N) is 1. The molecule has 4 nitrogen and oxygen atoms in total. The number of hydrogen-bond donors (Lipinski definition) is 2. The van der Waals surface area contributed by atoms with Crippen LogP contribution in [0.2, 0.25) is 0 Å². The van der Waals surface area contributed by atoms with E-state index in [9.17, 15) is 9.90 Å². The molecule has 2 unspecified atom stereocenters. The highest BCUT2D eigenvalue weighted by molar-refractivity contribution is 5.88. The molecule has 0 bridgehead atoms. The van der Waals surface area contributed by atoms with Crippen molar-refractivity contribution >= 4 is 5.91 Å². The number of primary amides is 1. The molecule has 1 amide bonds. The summed E-state index contributed by atoms with van der Waals surface area (Å²) in [5, 5.41) is 11.3. The molecule has 0 saturated heterocycles. The molecule has 2 atom stereocenters. The summed E-state index contributed by atoms with van der Waals surface area (Å²) in [5.41, 5.74) is 7.07. The molecule has 0 heterocycles. The topological polar surface area (TPSA) is 66.6 Å². The Bertz CT molecular complexity index is 941. The molecule has 4 heteroatoms. The number of nitrogens with zero attached hydrogens (tertiary/aromatic N) is 1. The van der Waals surface area contributed by atoms with E-state index < -0.39 is 11.5 Å². The highest BCUT2D eigenvalue weighted by Crippen LogP contribution is 2.32. The predicted molar refractivity (Wildman–Crippen MR) is 117 cm³/mol. The zero-order valence-corrected chi connectivity index (χ0v) is 17.0. The summed E-state index contributed by atoms with van der Waals surface area (Å²) >= 11 is 0. The van der Waals surface area contributed by atoms with E-state index in [4.69, 9.17) is 5.73 Å². The van der Waals surface area contributed by atoms with Crippen molar-refractivity contribution in [2.45, 2.75) is 17.9 Å². The number of carbonyl (C=O) groups excluding carboxylic acids is 1. The summed E-state index contributed by atoms with van der Waals surface area (Å²) in [6.45, 7) is 0.846. The van der Waals surface area contributed by atoms with E-state index in [-0.39, 0.29) is 5.92 Å². The number of amides is 1. The zero-order valence-electron chi connectivity index (χ0n) is 17.0. The van der Waals surface area contributed by atoms with Crippen molar-refractivity contribution in [3.8, 4) is 0 Å². The summed E-state index contributed by atoms with van der Waals surface area (Å²) in [6.07, 6.45) is 0.864. The van der Waals surface area contributed by atoms with Gasteiger partial charge in [-0.15, -0.1) is 0 Å². The number of rotatable bonds is 8. The quantitative estimate of drug-likeness (QED) is 0.622. The molecule has 0 spiro atoms. The molecule has 0 aliphatic heterocycles. The van der Waals surface area contributed by atoms with Crippen LogP contribution in [0.15, 0.2) is 84.9 Å². The maximum absolute atomic E-state index is 12.3. The Morgan fingerprint density at radius 1 is 0.931 bits per heavy atom. The summed E-state index contributed by atoms with van der Waals surface area (Å²) in [6, 6.07) is 26.8. The highest BCUT2D eigenvalue weighted by Gasteiger charge is 2.38. The van der Waals surface area contributed by atoms with Gasteiger partial charge in [-0.1, -0.05) is 84.9 Å². The second-order valence-corrected chi connectivity index (χ2v) is 7.72. The first kappa shape index (κ1) is 20.8. The second-order valence-electron chi connectivity index (χ2n) is 7.72. The minimum Gasteiger partial charge on any atom is -0.372 e. The molecule has 0 saturated carbocycles. The molecule has 0 radical (unpaired) electrons. The van der Waals surface area contributed by atoms with Crippen LogP contribution in [0.5, 0.6) is 0 Å². The molecule has 0 aliphatic carbocycles. The number of carbonyl (C=O) groups is 1. The summed E-state index contributed by atoms with van der Waals surface area (Å²) in [7, 11) is 4.09. The first-order valence-corrected chi connectivity index (χ1v) is 9.78. The summed E-state index contributed by atoms with van der Waals surface area (Å²) in [4.78, 5) is 14.5. The molecule has 3 aromatic carbocycles. The van der Waals surface area contributed by atoms with Crippen molar-refractivity contribution in [1.29, 1.82) is 0 Å². The van der Waals surface area contributed by atoms with Crippen LogP contribution in [0, 0.1) is 0 Å². The smallest absolute Gasteiger partial charge is 0.258 e. The molecule has 0 aromatic heterocycles. The van der Waals surface area contributed by atoms with E-state index in [0.29, 0.717) is 11.1 Å². The van der Waals surface area contributed by atoms with Crippen molar-refractivity contribution < 1.29 is 9.90 Å². The minimum absolute atomic E-state index is 0.209. The van der Waals surface area contributed by atoms with Gasteiger partial charge in [-0.05, 0) is 42.8 Å². The Morgan fingerprint density at radius 2 is 1.52 bits per heavy atom. The lowest BCUT2D eigenvalue weighted by Crippen LogP contribution is -2.42. The van der Waals surface area contributed by atoms with Crippen LogP contribution in [-0.4, -0.2) is 36.6 Å². The molecule has 150 valence electrons. The fraction of sp³-hybridized carbons (Fsp3) is 0.240. The van der Waals surface area contributed by atoms with Gasteiger partial charge < -0.3 is 15.7 Å². The minimum atomic E-state index is -1.87. The molecular weight excluding hydrogens is 360 g/mol. The van der Waals surface area contributed by atoms with E-state index in [0.717, 1.165) is 18.5 Å². The van der Waals surface area contributed by atoms with Gasteiger partial charge in [0.25, 0.3) is 5.91 Å². The maximum atomic E-state index is 12.3. The average Bonchev–Trinajstić information content (AvgIpc) is 2.73. The molecule has 3 aromatic rings. The Kier molecular flexibility index (Phi) is 6.47.